The van der Waals surface area contributed by atoms with E-state index in [-0.39, 0.29) is 4.21 Å². The first-order chi connectivity index (χ1) is 13.6. The number of pyridine rings is 1. The van der Waals surface area contributed by atoms with Gasteiger partial charge in [0.1, 0.15) is 4.21 Å². The molecular weight excluding hydrogens is 476 g/mol. The van der Waals surface area contributed by atoms with Gasteiger partial charge in [0.2, 0.25) is 0 Å². The standard InChI is InChI=1S/C19H23BrN4O3S2/c1-19(2,26)15-9-12(20)17(28-15)29(21,27)24-18(25)23-16-10-5-3-7-13(10)22-14-8-4-6-11(14)16/h9,26H,3-8H2,1-2H3,(H3,21,22,23,24,25,27)/t29-/m0/s1. The molecule has 0 bridgehead atoms. The Morgan fingerprint density at radius 1 is 1.28 bits per heavy atom. The Balaban J connectivity index is 1.68. The number of hydrogen-bond acceptors (Lipinski definition) is 5. The summed E-state index contributed by atoms with van der Waals surface area (Å²) in [5, 5.41) is 19.0. The summed E-state index contributed by atoms with van der Waals surface area (Å²) < 4.78 is 17.6. The minimum atomic E-state index is -3.47. The Kier molecular flexibility index (Phi) is 5.35. The van der Waals surface area contributed by atoms with E-state index in [1.807, 2.05) is 0 Å². The number of carbonyl (C=O) groups is 1. The Morgan fingerprint density at radius 3 is 2.38 bits per heavy atom. The van der Waals surface area contributed by atoms with Crippen molar-refractivity contribution in [1.29, 1.82) is 0 Å². The van der Waals surface area contributed by atoms with Crippen molar-refractivity contribution < 1.29 is 14.1 Å². The maximum Gasteiger partial charge on any atom is 0.354 e. The summed E-state index contributed by atoms with van der Waals surface area (Å²) in [6, 6.07) is 0.930. The maximum absolute atomic E-state index is 13.1. The summed E-state index contributed by atoms with van der Waals surface area (Å²) in [5.74, 6) is 0. The Hall–Kier alpha value is -1.33. The van der Waals surface area contributed by atoms with Crippen molar-refractivity contribution in [3.8, 4) is 0 Å². The number of aliphatic hydroxyl groups is 1. The molecule has 4 rings (SSSR count). The van der Waals surface area contributed by atoms with E-state index in [9.17, 15) is 14.1 Å². The minimum absolute atomic E-state index is 0.231. The molecule has 29 heavy (non-hydrogen) atoms. The second kappa shape index (κ2) is 7.42. The summed E-state index contributed by atoms with van der Waals surface area (Å²) >= 11 is 4.40. The van der Waals surface area contributed by atoms with Crippen molar-refractivity contribution >= 4 is 48.9 Å². The highest BCUT2D eigenvalue weighted by Crippen LogP contribution is 2.38. The van der Waals surface area contributed by atoms with Crippen molar-refractivity contribution in [2.45, 2.75) is 62.2 Å². The van der Waals surface area contributed by atoms with Crippen molar-refractivity contribution in [3.05, 3.63) is 37.9 Å². The third kappa shape index (κ3) is 4.00. The first-order valence-corrected chi connectivity index (χ1v) is 12.7. The highest BCUT2D eigenvalue weighted by atomic mass is 79.9. The van der Waals surface area contributed by atoms with E-state index in [0.717, 1.165) is 78.1 Å². The molecule has 2 amide bonds. The van der Waals surface area contributed by atoms with Gasteiger partial charge in [0.15, 0.2) is 9.92 Å². The van der Waals surface area contributed by atoms with Gasteiger partial charge in [0, 0.05) is 20.7 Å². The monoisotopic (exact) mass is 498 g/mol. The second-order valence-electron chi connectivity index (χ2n) is 7.94. The minimum Gasteiger partial charge on any atom is -0.385 e. The van der Waals surface area contributed by atoms with E-state index in [1.54, 1.807) is 19.9 Å². The van der Waals surface area contributed by atoms with E-state index in [4.69, 9.17) is 10.1 Å². The number of nitrogens with zero attached hydrogens (tertiary/aromatic N) is 2. The van der Waals surface area contributed by atoms with Crippen LogP contribution in [-0.2, 0) is 41.2 Å². The maximum atomic E-state index is 13.1. The van der Waals surface area contributed by atoms with E-state index in [1.165, 1.54) is 0 Å². The molecule has 2 aromatic heterocycles. The molecule has 2 aromatic rings. The number of halogens is 1. The third-order valence-corrected chi connectivity index (χ3v) is 9.77. The number of aryl methyl sites for hydroxylation is 2. The molecule has 1 atom stereocenters. The topological polar surface area (TPSA) is 118 Å². The SMILES string of the molecule is CC(C)(O)c1cc(Br)c([S@@](N)(=O)=NC(=O)Nc2c3c(nc4c2CCC4)CCC3)s1. The molecular formula is C19H23BrN4O3S2. The zero-order chi connectivity index (χ0) is 21.0. The van der Waals surface area contributed by atoms with Crippen LogP contribution in [0, 0.1) is 0 Å². The molecule has 0 aromatic carbocycles. The van der Waals surface area contributed by atoms with Gasteiger partial charge < -0.3 is 10.4 Å². The van der Waals surface area contributed by atoms with Gasteiger partial charge in [-0.05, 0) is 85.5 Å². The van der Waals surface area contributed by atoms with E-state index >= 15 is 0 Å². The van der Waals surface area contributed by atoms with Gasteiger partial charge in [-0.2, -0.15) is 0 Å². The van der Waals surface area contributed by atoms with Gasteiger partial charge in [-0.1, -0.05) is 0 Å². The number of carbonyl (C=O) groups excluding carboxylic acids is 1. The quantitative estimate of drug-likeness (QED) is 0.591. The van der Waals surface area contributed by atoms with Crippen LogP contribution >= 0.6 is 27.3 Å². The zero-order valence-electron chi connectivity index (χ0n) is 16.2. The summed E-state index contributed by atoms with van der Waals surface area (Å²) in [7, 11) is -3.47. The van der Waals surface area contributed by atoms with Crippen molar-refractivity contribution in [2.75, 3.05) is 5.32 Å². The Bertz CT molecular complexity index is 1100. The summed E-state index contributed by atoms with van der Waals surface area (Å²) in [6.45, 7) is 3.25. The molecule has 0 aliphatic heterocycles. The smallest absolute Gasteiger partial charge is 0.354 e. The fourth-order valence-corrected chi connectivity index (χ4v) is 7.56. The highest BCUT2D eigenvalue weighted by Gasteiger charge is 2.28. The summed E-state index contributed by atoms with van der Waals surface area (Å²) in [4.78, 5) is 18.1. The number of thiophene rings is 1. The van der Waals surface area contributed by atoms with Gasteiger partial charge in [-0.3, -0.25) is 4.98 Å². The Morgan fingerprint density at radius 2 is 1.86 bits per heavy atom. The summed E-state index contributed by atoms with van der Waals surface area (Å²) in [5.41, 5.74) is 3.90. The number of nitrogens with two attached hydrogens (primary N) is 1. The first-order valence-electron chi connectivity index (χ1n) is 9.48. The number of aromatic nitrogens is 1. The lowest BCUT2D eigenvalue weighted by Crippen LogP contribution is -2.18. The van der Waals surface area contributed by atoms with Gasteiger partial charge in [-0.25, -0.2) is 14.1 Å². The molecule has 0 radical (unpaired) electrons. The zero-order valence-corrected chi connectivity index (χ0v) is 19.5. The lowest BCUT2D eigenvalue weighted by Gasteiger charge is -2.14. The molecule has 0 saturated heterocycles. The molecule has 0 spiro atoms. The fourth-order valence-electron chi connectivity index (χ4n) is 3.88. The summed E-state index contributed by atoms with van der Waals surface area (Å²) in [6.07, 6.45) is 5.60. The molecule has 2 aliphatic carbocycles. The molecule has 0 saturated carbocycles. The lowest BCUT2D eigenvalue weighted by atomic mass is 10.1. The van der Waals surface area contributed by atoms with Gasteiger partial charge in [0.05, 0.1) is 11.3 Å². The lowest BCUT2D eigenvalue weighted by molar-refractivity contribution is 0.0825. The molecule has 0 unspecified atom stereocenters. The third-order valence-electron chi connectivity index (χ3n) is 5.23. The molecule has 7 nitrogen and oxygen atoms in total. The number of amides is 2. The molecule has 156 valence electrons. The molecule has 2 aliphatic rings. The van der Waals surface area contributed by atoms with Crippen LogP contribution < -0.4 is 10.5 Å². The average Bonchev–Trinajstić information content (AvgIpc) is 3.31. The van der Waals surface area contributed by atoms with Gasteiger partial charge >= 0.3 is 6.03 Å². The van der Waals surface area contributed by atoms with Crippen LogP contribution in [0.5, 0.6) is 0 Å². The number of rotatable bonds is 3. The Labute approximate surface area is 182 Å². The number of fused-ring (bicyclic) bond motifs is 2. The van der Waals surface area contributed by atoms with Crippen LogP contribution in [0.4, 0.5) is 10.5 Å². The van der Waals surface area contributed by atoms with Crippen molar-refractivity contribution in [2.24, 2.45) is 9.50 Å². The van der Waals surface area contributed by atoms with E-state index in [2.05, 4.69) is 25.6 Å². The second-order valence-corrected chi connectivity index (χ2v) is 11.8. The fraction of sp³-hybridized carbons (Fsp3) is 0.474. The first kappa shape index (κ1) is 20.9. The van der Waals surface area contributed by atoms with E-state index in [0.29, 0.717) is 9.35 Å². The van der Waals surface area contributed by atoms with Crippen LogP contribution in [-0.4, -0.2) is 20.3 Å². The number of nitrogens with one attached hydrogen (secondary N) is 1. The van der Waals surface area contributed by atoms with Crippen LogP contribution in [0.3, 0.4) is 0 Å². The molecule has 4 N–H and O–H groups in total. The highest BCUT2D eigenvalue weighted by molar-refractivity contribution is 9.10. The predicted octanol–water partition coefficient (Wildman–Crippen LogP) is 4.04. The number of anilines is 1. The number of hydrogen-bond donors (Lipinski definition) is 3. The van der Waals surface area contributed by atoms with Crippen LogP contribution in [0.2, 0.25) is 0 Å². The van der Waals surface area contributed by atoms with Crippen LogP contribution in [0.25, 0.3) is 0 Å². The number of urea groups is 1. The molecule has 2 heterocycles. The van der Waals surface area contributed by atoms with Crippen molar-refractivity contribution in [3.63, 3.8) is 0 Å². The van der Waals surface area contributed by atoms with Gasteiger partial charge in [-0.15, -0.1) is 15.7 Å². The largest absolute Gasteiger partial charge is 0.385 e. The average molecular weight is 499 g/mol. The molecule has 0 fully saturated rings. The van der Waals surface area contributed by atoms with Gasteiger partial charge in [0.25, 0.3) is 0 Å². The predicted molar refractivity (Wildman–Crippen MR) is 118 cm³/mol. The van der Waals surface area contributed by atoms with Crippen LogP contribution in [0.15, 0.2) is 19.1 Å². The van der Waals surface area contributed by atoms with Crippen LogP contribution in [0.1, 0.15) is 54.1 Å². The normalized spacial score (nSPS) is 17.6. The van der Waals surface area contributed by atoms with Crippen molar-refractivity contribution in [1.82, 2.24) is 4.98 Å². The van der Waals surface area contributed by atoms with E-state index < -0.39 is 21.5 Å². The molecule has 10 heteroatoms.